The van der Waals surface area contributed by atoms with E-state index in [0.717, 1.165) is 37.7 Å². The molecule has 0 aromatic rings. The molecule has 3 saturated carbocycles. The molecular formula is C27H40O3. The quantitative estimate of drug-likeness (QED) is 0.463. The number of fused-ring (bicyclic) bond motifs is 1. The van der Waals surface area contributed by atoms with Gasteiger partial charge >= 0.3 is 5.97 Å². The van der Waals surface area contributed by atoms with Crippen LogP contribution in [-0.4, -0.2) is 22.3 Å². The van der Waals surface area contributed by atoms with Gasteiger partial charge in [0.2, 0.25) is 0 Å². The van der Waals surface area contributed by atoms with E-state index in [-0.39, 0.29) is 6.10 Å². The summed E-state index contributed by atoms with van der Waals surface area (Å²) in [7, 11) is 0. The number of allylic oxidation sites excluding steroid dienone is 3. The Morgan fingerprint density at radius 2 is 2.00 bits per heavy atom. The zero-order valence-corrected chi connectivity index (χ0v) is 19.0. The third-order valence-corrected chi connectivity index (χ3v) is 8.40. The van der Waals surface area contributed by atoms with Gasteiger partial charge in [0, 0.05) is 5.57 Å². The number of carboxylic acid groups (broad SMARTS) is 1. The molecule has 0 aliphatic heterocycles. The van der Waals surface area contributed by atoms with E-state index in [1.807, 2.05) is 0 Å². The summed E-state index contributed by atoms with van der Waals surface area (Å²) in [6.45, 7) is 12.7. The van der Waals surface area contributed by atoms with Gasteiger partial charge in [-0.15, -0.1) is 0 Å². The van der Waals surface area contributed by atoms with Gasteiger partial charge in [0.15, 0.2) is 0 Å². The second kappa shape index (κ2) is 9.68. The standard InChI is InChI=1S/C27H40O3/c1-18(8-5-9-19(2)26(29)30)23-15-16-24-22(11-7-17-27(23,24)4)14-13-21-10-6-12-25(28)20(21)3/h13-14,18,23-25,28H,2-3,5-12,15-17H2,1,4H3,(H,29,30)/b21-13-,22-14+/t18-,23?,24?,25?,27?/m1/s1. The highest BCUT2D eigenvalue weighted by Crippen LogP contribution is 2.59. The monoisotopic (exact) mass is 412 g/mol. The maximum Gasteiger partial charge on any atom is 0.330 e. The van der Waals surface area contributed by atoms with E-state index in [9.17, 15) is 9.90 Å². The van der Waals surface area contributed by atoms with Gasteiger partial charge in [-0.3, -0.25) is 0 Å². The van der Waals surface area contributed by atoms with Gasteiger partial charge in [-0.25, -0.2) is 4.79 Å². The van der Waals surface area contributed by atoms with Gasteiger partial charge in [-0.1, -0.05) is 51.2 Å². The summed E-state index contributed by atoms with van der Waals surface area (Å²) < 4.78 is 0. The van der Waals surface area contributed by atoms with E-state index >= 15 is 0 Å². The molecule has 0 aromatic carbocycles. The van der Waals surface area contributed by atoms with Crippen LogP contribution in [0.5, 0.6) is 0 Å². The fourth-order valence-corrected chi connectivity index (χ4v) is 6.59. The Balaban J connectivity index is 1.66. The maximum atomic E-state index is 11.0. The lowest BCUT2D eigenvalue weighted by Crippen LogP contribution is -2.36. The van der Waals surface area contributed by atoms with E-state index in [0.29, 0.717) is 35.2 Å². The van der Waals surface area contributed by atoms with Gasteiger partial charge in [0.25, 0.3) is 0 Å². The normalized spacial score (nSPS) is 35.4. The highest BCUT2D eigenvalue weighted by molar-refractivity contribution is 5.85. The SMILES string of the molecule is C=C(CCC[C@@H](C)C1CCC2/C(=C/C=C3/CCCC(O)C3=C)CCCC21C)C(=O)O. The molecule has 3 aliphatic rings. The van der Waals surface area contributed by atoms with E-state index < -0.39 is 5.97 Å². The molecule has 5 atom stereocenters. The van der Waals surface area contributed by atoms with Crippen molar-refractivity contribution < 1.29 is 15.0 Å². The van der Waals surface area contributed by atoms with Crippen LogP contribution in [0.1, 0.15) is 84.5 Å². The largest absolute Gasteiger partial charge is 0.478 e. The molecule has 0 heterocycles. The first kappa shape index (κ1) is 23.1. The molecule has 0 saturated heterocycles. The summed E-state index contributed by atoms with van der Waals surface area (Å²) in [6, 6.07) is 0. The van der Waals surface area contributed by atoms with Crippen LogP contribution < -0.4 is 0 Å². The molecule has 0 amide bonds. The molecule has 166 valence electrons. The third-order valence-electron chi connectivity index (χ3n) is 8.40. The van der Waals surface area contributed by atoms with Crippen LogP contribution >= 0.6 is 0 Å². The van der Waals surface area contributed by atoms with Crippen LogP contribution in [0.25, 0.3) is 0 Å². The number of hydrogen-bond donors (Lipinski definition) is 2. The van der Waals surface area contributed by atoms with Gasteiger partial charge in [0.1, 0.15) is 0 Å². The maximum absolute atomic E-state index is 11.0. The van der Waals surface area contributed by atoms with Crippen molar-refractivity contribution in [2.75, 3.05) is 0 Å². The molecular weight excluding hydrogens is 372 g/mol. The van der Waals surface area contributed by atoms with Crippen LogP contribution in [0.4, 0.5) is 0 Å². The molecule has 0 spiro atoms. The Morgan fingerprint density at radius 3 is 2.73 bits per heavy atom. The molecule has 3 heteroatoms. The molecule has 0 bridgehead atoms. The minimum absolute atomic E-state index is 0.336. The molecule has 0 radical (unpaired) electrons. The first-order valence-corrected chi connectivity index (χ1v) is 11.9. The van der Waals surface area contributed by atoms with Crippen LogP contribution in [0.15, 0.2) is 47.6 Å². The van der Waals surface area contributed by atoms with Crippen molar-refractivity contribution in [3.8, 4) is 0 Å². The smallest absolute Gasteiger partial charge is 0.330 e. The number of aliphatic hydroxyl groups excluding tert-OH is 1. The van der Waals surface area contributed by atoms with Crippen LogP contribution in [-0.2, 0) is 4.79 Å². The zero-order valence-electron chi connectivity index (χ0n) is 19.0. The number of hydrogen-bond acceptors (Lipinski definition) is 2. The van der Waals surface area contributed by atoms with Crippen LogP contribution in [0.2, 0.25) is 0 Å². The van der Waals surface area contributed by atoms with Gasteiger partial charge in [0.05, 0.1) is 6.10 Å². The average Bonchev–Trinajstić information content (AvgIpc) is 3.06. The van der Waals surface area contributed by atoms with E-state index in [2.05, 4.69) is 39.2 Å². The molecule has 3 aliphatic carbocycles. The second-order valence-electron chi connectivity index (χ2n) is 10.2. The van der Waals surface area contributed by atoms with Crippen molar-refractivity contribution >= 4 is 5.97 Å². The predicted molar refractivity (Wildman–Crippen MR) is 123 cm³/mol. The first-order valence-electron chi connectivity index (χ1n) is 11.9. The topological polar surface area (TPSA) is 57.5 Å². The number of rotatable bonds is 7. The van der Waals surface area contributed by atoms with Crippen molar-refractivity contribution in [1.29, 1.82) is 0 Å². The van der Waals surface area contributed by atoms with Crippen molar-refractivity contribution in [1.82, 2.24) is 0 Å². The highest BCUT2D eigenvalue weighted by atomic mass is 16.4. The number of carboxylic acids is 1. The summed E-state index contributed by atoms with van der Waals surface area (Å²) in [4.78, 5) is 11.0. The number of aliphatic hydroxyl groups is 1. The van der Waals surface area contributed by atoms with E-state index in [1.54, 1.807) is 5.57 Å². The summed E-state index contributed by atoms with van der Waals surface area (Å²) in [6.07, 6.45) is 16.1. The second-order valence-corrected chi connectivity index (χ2v) is 10.2. The van der Waals surface area contributed by atoms with Gasteiger partial charge in [-0.05, 0) is 98.5 Å². The molecule has 4 unspecified atom stereocenters. The zero-order chi connectivity index (χ0) is 21.9. The highest BCUT2D eigenvalue weighted by Gasteiger charge is 2.50. The summed E-state index contributed by atoms with van der Waals surface area (Å²) in [5, 5.41) is 19.1. The number of aliphatic carboxylic acids is 1. The summed E-state index contributed by atoms with van der Waals surface area (Å²) in [5.74, 6) is 1.13. The van der Waals surface area contributed by atoms with Gasteiger partial charge in [-0.2, -0.15) is 0 Å². The lowest BCUT2D eigenvalue weighted by molar-refractivity contribution is -0.132. The predicted octanol–water partition coefficient (Wildman–Crippen LogP) is 6.60. The minimum Gasteiger partial charge on any atom is -0.478 e. The Bertz CT molecular complexity index is 743. The first-order chi connectivity index (χ1) is 14.2. The fourth-order valence-electron chi connectivity index (χ4n) is 6.59. The van der Waals surface area contributed by atoms with Crippen molar-refractivity contribution in [2.45, 2.75) is 90.6 Å². The summed E-state index contributed by atoms with van der Waals surface area (Å²) >= 11 is 0. The summed E-state index contributed by atoms with van der Waals surface area (Å²) in [5.41, 5.74) is 4.43. The van der Waals surface area contributed by atoms with Crippen molar-refractivity contribution in [3.63, 3.8) is 0 Å². The fraction of sp³-hybridized carbons (Fsp3) is 0.667. The Kier molecular flexibility index (Phi) is 7.44. The Morgan fingerprint density at radius 1 is 1.23 bits per heavy atom. The average molecular weight is 413 g/mol. The number of carbonyl (C=O) groups is 1. The van der Waals surface area contributed by atoms with Crippen molar-refractivity contribution in [3.05, 3.63) is 47.6 Å². The van der Waals surface area contributed by atoms with E-state index in [4.69, 9.17) is 5.11 Å². The Labute approximate surface area is 182 Å². The molecule has 0 aromatic heterocycles. The Hall–Kier alpha value is -1.61. The minimum atomic E-state index is -0.861. The molecule has 2 N–H and O–H groups in total. The van der Waals surface area contributed by atoms with Crippen LogP contribution in [0.3, 0.4) is 0 Å². The molecule has 30 heavy (non-hydrogen) atoms. The molecule has 3 rings (SSSR count). The van der Waals surface area contributed by atoms with Crippen molar-refractivity contribution in [2.24, 2.45) is 23.2 Å². The third kappa shape index (κ3) is 4.82. The van der Waals surface area contributed by atoms with E-state index in [1.165, 1.54) is 37.7 Å². The van der Waals surface area contributed by atoms with Crippen LogP contribution in [0, 0.1) is 23.2 Å². The molecule has 3 fully saturated rings. The lowest BCUT2D eigenvalue weighted by Gasteiger charge is -2.44. The lowest BCUT2D eigenvalue weighted by atomic mass is 9.60. The molecule has 3 nitrogen and oxygen atoms in total. The van der Waals surface area contributed by atoms with Gasteiger partial charge < -0.3 is 10.2 Å².